The number of para-hydroxylation sites is 1. The number of halogens is 1. The largest absolute Gasteiger partial charge is 0.495 e. The summed E-state index contributed by atoms with van der Waals surface area (Å²) in [6.45, 7) is 1.81. The number of rotatable bonds is 6. The van der Waals surface area contributed by atoms with Gasteiger partial charge in [-0.25, -0.2) is 4.68 Å². The van der Waals surface area contributed by atoms with E-state index in [1.807, 2.05) is 37.3 Å². The molecule has 1 N–H and O–H groups in total. The van der Waals surface area contributed by atoms with Gasteiger partial charge in [-0.05, 0) is 49.5 Å². The lowest BCUT2D eigenvalue weighted by Crippen LogP contribution is -2.22. The van der Waals surface area contributed by atoms with Gasteiger partial charge in [0.1, 0.15) is 5.75 Å². The molecule has 0 spiro atoms. The van der Waals surface area contributed by atoms with Crippen LogP contribution in [-0.4, -0.2) is 28.0 Å². The van der Waals surface area contributed by atoms with Gasteiger partial charge in [-0.3, -0.25) is 4.79 Å². The summed E-state index contributed by atoms with van der Waals surface area (Å²) >= 11 is 14.1. The van der Waals surface area contributed by atoms with Crippen LogP contribution < -0.4 is 10.1 Å². The average molecular weight is 438 g/mol. The second-order valence-electron chi connectivity index (χ2n) is 5.48. The number of nitrogens with zero attached hydrogens (tertiary/aromatic N) is 2. The van der Waals surface area contributed by atoms with E-state index in [1.165, 1.54) is 23.1 Å². The first-order chi connectivity index (χ1) is 13.0. The zero-order valence-corrected chi connectivity index (χ0v) is 17.7. The molecule has 0 aliphatic heterocycles. The number of amides is 1. The molecule has 1 atom stereocenters. The molecule has 3 aromatic rings. The van der Waals surface area contributed by atoms with Crippen molar-refractivity contribution in [3.05, 3.63) is 57.5 Å². The monoisotopic (exact) mass is 437 g/mol. The molecule has 0 bridgehead atoms. The van der Waals surface area contributed by atoms with E-state index in [0.29, 0.717) is 20.4 Å². The van der Waals surface area contributed by atoms with Crippen LogP contribution in [0.15, 0.2) is 52.9 Å². The molecule has 2 aromatic carbocycles. The van der Waals surface area contributed by atoms with Crippen molar-refractivity contribution in [1.82, 2.24) is 9.78 Å². The van der Waals surface area contributed by atoms with Gasteiger partial charge in [-0.2, -0.15) is 0 Å². The van der Waals surface area contributed by atoms with Crippen molar-refractivity contribution < 1.29 is 9.53 Å². The molecule has 0 fully saturated rings. The van der Waals surface area contributed by atoms with Crippen LogP contribution in [0.2, 0.25) is 5.02 Å². The Balaban J connectivity index is 1.72. The lowest BCUT2D eigenvalue weighted by molar-refractivity contribution is -0.115. The topological polar surface area (TPSA) is 56.1 Å². The Morgan fingerprint density at radius 3 is 2.78 bits per heavy atom. The normalized spacial score (nSPS) is 11.8. The van der Waals surface area contributed by atoms with Gasteiger partial charge in [0, 0.05) is 5.02 Å². The fraction of sp³-hybridized carbons (Fsp3) is 0.167. The first kappa shape index (κ1) is 19.9. The number of anilines is 1. The summed E-state index contributed by atoms with van der Waals surface area (Å²) in [7, 11) is 1.54. The molecule has 0 saturated heterocycles. The lowest BCUT2D eigenvalue weighted by Gasteiger charge is -2.13. The van der Waals surface area contributed by atoms with Crippen molar-refractivity contribution in [2.75, 3.05) is 12.4 Å². The van der Waals surface area contributed by atoms with Gasteiger partial charge in [0.25, 0.3) is 0 Å². The zero-order chi connectivity index (χ0) is 19.4. The second-order valence-corrected chi connectivity index (χ2v) is 9.12. The fourth-order valence-corrected chi connectivity index (χ4v) is 4.94. The minimum Gasteiger partial charge on any atom is -0.495 e. The summed E-state index contributed by atoms with van der Waals surface area (Å²) in [6.07, 6.45) is 0. The third-order valence-electron chi connectivity index (χ3n) is 3.60. The van der Waals surface area contributed by atoms with Crippen molar-refractivity contribution >= 4 is 58.5 Å². The summed E-state index contributed by atoms with van der Waals surface area (Å²) in [5.74, 6) is 0.377. The summed E-state index contributed by atoms with van der Waals surface area (Å²) in [5.41, 5.74) is 1.43. The van der Waals surface area contributed by atoms with Crippen molar-refractivity contribution in [2.45, 2.75) is 16.5 Å². The Kier molecular flexibility index (Phi) is 6.54. The van der Waals surface area contributed by atoms with Crippen LogP contribution in [0.5, 0.6) is 5.75 Å². The molecular formula is C18H16ClN3O2S3. The van der Waals surface area contributed by atoms with Crippen LogP contribution in [0, 0.1) is 3.95 Å². The highest BCUT2D eigenvalue weighted by Crippen LogP contribution is 2.31. The molecule has 27 heavy (non-hydrogen) atoms. The number of methoxy groups -OCH3 is 1. The van der Waals surface area contributed by atoms with E-state index in [4.69, 9.17) is 28.6 Å². The quantitative estimate of drug-likeness (QED) is 0.410. The minimum absolute atomic E-state index is 0.173. The molecule has 3 rings (SSSR count). The molecule has 5 nitrogen and oxygen atoms in total. The van der Waals surface area contributed by atoms with Crippen LogP contribution in [0.1, 0.15) is 6.92 Å². The van der Waals surface area contributed by atoms with Gasteiger partial charge >= 0.3 is 0 Å². The van der Waals surface area contributed by atoms with Crippen LogP contribution in [0.3, 0.4) is 0 Å². The maximum Gasteiger partial charge on any atom is 0.237 e. The summed E-state index contributed by atoms with van der Waals surface area (Å²) in [4.78, 5) is 12.6. The highest BCUT2D eigenvalue weighted by atomic mass is 35.5. The first-order valence-corrected chi connectivity index (χ1v) is 10.4. The summed E-state index contributed by atoms with van der Waals surface area (Å²) in [5, 5.41) is 7.52. The molecule has 1 unspecified atom stereocenters. The zero-order valence-electron chi connectivity index (χ0n) is 14.5. The first-order valence-electron chi connectivity index (χ1n) is 7.94. The lowest BCUT2D eigenvalue weighted by atomic mass is 10.3. The van der Waals surface area contributed by atoms with E-state index in [-0.39, 0.29) is 11.2 Å². The predicted octanol–water partition coefficient (Wildman–Crippen LogP) is 5.44. The second kappa shape index (κ2) is 8.88. The van der Waals surface area contributed by atoms with E-state index in [2.05, 4.69) is 10.4 Å². The number of ether oxygens (including phenoxy) is 1. The average Bonchev–Trinajstić information content (AvgIpc) is 3.02. The molecule has 1 heterocycles. The van der Waals surface area contributed by atoms with Gasteiger partial charge in [-0.1, -0.05) is 52.9 Å². The van der Waals surface area contributed by atoms with Crippen LogP contribution in [0.4, 0.5) is 5.69 Å². The van der Waals surface area contributed by atoms with Crippen LogP contribution >= 0.6 is 46.9 Å². The summed E-state index contributed by atoms with van der Waals surface area (Å²) < 4.78 is 8.32. The fourth-order valence-electron chi connectivity index (χ4n) is 2.26. The smallest absolute Gasteiger partial charge is 0.237 e. The Morgan fingerprint density at radius 1 is 1.33 bits per heavy atom. The van der Waals surface area contributed by atoms with Gasteiger partial charge in [0.2, 0.25) is 5.91 Å². The van der Waals surface area contributed by atoms with E-state index in [1.54, 1.807) is 30.0 Å². The Labute approximate surface area is 175 Å². The molecule has 140 valence electrons. The highest BCUT2D eigenvalue weighted by Gasteiger charge is 2.19. The number of aromatic nitrogens is 2. The molecule has 0 aliphatic carbocycles. The molecule has 0 saturated carbocycles. The van der Waals surface area contributed by atoms with Crippen molar-refractivity contribution in [3.63, 3.8) is 0 Å². The maximum absolute atomic E-state index is 12.6. The van der Waals surface area contributed by atoms with E-state index in [0.717, 1.165) is 10.0 Å². The number of carbonyl (C=O) groups excluding carboxylic acids is 1. The van der Waals surface area contributed by atoms with Crippen LogP contribution in [-0.2, 0) is 4.79 Å². The maximum atomic E-state index is 12.6. The van der Waals surface area contributed by atoms with Gasteiger partial charge in [0.15, 0.2) is 8.29 Å². The number of hydrogen-bond donors (Lipinski definition) is 1. The van der Waals surface area contributed by atoms with E-state index < -0.39 is 0 Å². The highest BCUT2D eigenvalue weighted by molar-refractivity contribution is 8.02. The molecule has 9 heteroatoms. The van der Waals surface area contributed by atoms with Crippen molar-refractivity contribution in [1.29, 1.82) is 0 Å². The molecule has 1 aromatic heterocycles. The molecule has 0 radical (unpaired) electrons. The van der Waals surface area contributed by atoms with E-state index in [9.17, 15) is 4.79 Å². The minimum atomic E-state index is -0.376. The van der Waals surface area contributed by atoms with E-state index >= 15 is 0 Å². The Morgan fingerprint density at radius 2 is 2.07 bits per heavy atom. The standard InChI is InChI=1S/C18H16ClN3O2S3/c1-11(16(23)20-14-10-12(19)8-9-15(14)24-2)26-17-21-22(18(25)27-17)13-6-4-3-5-7-13/h3-11H,1-2H3,(H,20,23). The third kappa shape index (κ3) is 4.90. The van der Waals surface area contributed by atoms with Gasteiger partial charge in [-0.15, -0.1) is 5.10 Å². The third-order valence-corrected chi connectivity index (χ3v) is 6.25. The SMILES string of the molecule is COc1ccc(Cl)cc1NC(=O)C(C)Sc1nn(-c2ccccc2)c(=S)s1. The van der Waals surface area contributed by atoms with Crippen LogP contribution in [0.25, 0.3) is 5.69 Å². The number of nitrogens with one attached hydrogen (secondary N) is 1. The number of hydrogen-bond acceptors (Lipinski definition) is 6. The predicted molar refractivity (Wildman–Crippen MR) is 114 cm³/mol. The Bertz CT molecular complexity index is 1000. The molecule has 1 amide bonds. The molecule has 0 aliphatic rings. The number of thioether (sulfide) groups is 1. The number of benzene rings is 2. The Hall–Kier alpha value is -1.87. The van der Waals surface area contributed by atoms with Gasteiger partial charge in [0.05, 0.1) is 23.7 Å². The molecular weight excluding hydrogens is 422 g/mol. The summed E-state index contributed by atoms with van der Waals surface area (Å²) in [6, 6.07) is 14.7. The van der Waals surface area contributed by atoms with Gasteiger partial charge < -0.3 is 10.1 Å². The van der Waals surface area contributed by atoms with Crippen molar-refractivity contribution in [3.8, 4) is 11.4 Å². The van der Waals surface area contributed by atoms with Crippen molar-refractivity contribution in [2.24, 2.45) is 0 Å². The number of carbonyl (C=O) groups is 1.